The topological polar surface area (TPSA) is 99.0 Å². The van der Waals surface area contributed by atoms with Crippen molar-refractivity contribution in [3.63, 3.8) is 0 Å². The summed E-state index contributed by atoms with van der Waals surface area (Å²) in [5.74, 6) is -1.25. The number of hydrogen-bond acceptors (Lipinski definition) is 6. The van der Waals surface area contributed by atoms with E-state index in [0.717, 1.165) is 5.56 Å². The fourth-order valence-electron chi connectivity index (χ4n) is 2.60. The van der Waals surface area contributed by atoms with Crippen LogP contribution in [0.4, 0.5) is 11.4 Å². The number of nitrogens with zero attached hydrogens (tertiary/aromatic N) is 2. The number of nitro benzene ring substituents is 1. The number of hydrogen-bond donors (Lipinski definition) is 0. The van der Waals surface area contributed by atoms with Crippen molar-refractivity contribution in [1.29, 1.82) is 0 Å². The lowest BCUT2D eigenvalue weighted by Crippen LogP contribution is -2.35. The Labute approximate surface area is 156 Å². The van der Waals surface area contributed by atoms with Gasteiger partial charge >= 0.3 is 5.97 Å². The van der Waals surface area contributed by atoms with Gasteiger partial charge in [0.25, 0.3) is 11.6 Å². The van der Waals surface area contributed by atoms with Gasteiger partial charge in [-0.1, -0.05) is 36.4 Å². The molecule has 0 aromatic heterocycles. The molecule has 0 saturated heterocycles. The van der Waals surface area contributed by atoms with E-state index in [2.05, 4.69) is 0 Å². The average Bonchev–Trinajstić information content (AvgIpc) is 2.66. The zero-order chi connectivity index (χ0) is 19.8. The van der Waals surface area contributed by atoms with Crippen LogP contribution in [0.5, 0.6) is 0 Å². The van der Waals surface area contributed by atoms with Crippen LogP contribution < -0.4 is 4.90 Å². The number of nitro groups is 1. The van der Waals surface area contributed by atoms with E-state index in [9.17, 15) is 19.7 Å². The molecule has 0 unspecified atom stereocenters. The van der Waals surface area contributed by atoms with Gasteiger partial charge in [-0.15, -0.1) is 0 Å². The van der Waals surface area contributed by atoms with E-state index < -0.39 is 16.8 Å². The van der Waals surface area contributed by atoms with Crippen molar-refractivity contribution in [3.8, 4) is 0 Å². The second-order valence-electron chi connectivity index (χ2n) is 5.55. The highest BCUT2D eigenvalue weighted by Gasteiger charge is 2.30. The number of benzene rings is 2. The molecular formula is C19H20N2O6. The van der Waals surface area contributed by atoms with Gasteiger partial charge in [-0.2, -0.15) is 0 Å². The molecule has 0 heterocycles. The minimum absolute atomic E-state index is 0.0420. The van der Waals surface area contributed by atoms with Crippen molar-refractivity contribution in [2.24, 2.45) is 0 Å². The third-order valence-electron chi connectivity index (χ3n) is 3.73. The van der Waals surface area contributed by atoms with Gasteiger partial charge < -0.3 is 9.47 Å². The molecule has 0 aliphatic rings. The van der Waals surface area contributed by atoms with Crippen LogP contribution in [0.2, 0.25) is 0 Å². The third kappa shape index (κ3) is 4.89. The Hall–Kier alpha value is -3.26. The Kier molecular flexibility index (Phi) is 7.01. The fraction of sp³-hybridized carbons (Fsp3) is 0.263. The lowest BCUT2D eigenvalue weighted by Gasteiger charge is -2.24. The van der Waals surface area contributed by atoms with Crippen molar-refractivity contribution in [2.45, 2.75) is 13.5 Å². The largest absolute Gasteiger partial charge is 0.462 e. The van der Waals surface area contributed by atoms with Crippen molar-refractivity contribution in [1.82, 2.24) is 0 Å². The van der Waals surface area contributed by atoms with Crippen LogP contribution in [-0.4, -0.2) is 37.1 Å². The molecule has 0 atom stereocenters. The molecule has 2 aromatic carbocycles. The summed E-state index contributed by atoms with van der Waals surface area (Å²) in [6.07, 6.45) is 0. The predicted octanol–water partition coefficient (Wildman–Crippen LogP) is 2.95. The number of anilines is 1. The molecule has 0 N–H and O–H groups in total. The lowest BCUT2D eigenvalue weighted by atomic mass is 10.1. The van der Waals surface area contributed by atoms with E-state index in [1.165, 1.54) is 30.2 Å². The molecule has 8 nitrogen and oxygen atoms in total. The van der Waals surface area contributed by atoms with E-state index in [-0.39, 0.29) is 36.7 Å². The molecule has 8 heteroatoms. The quantitative estimate of drug-likeness (QED) is 0.401. The highest BCUT2D eigenvalue weighted by Crippen LogP contribution is 2.34. The summed E-state index contributed by atoms with van der Waals surface area (Å²) < 4.78 is 9.93. The van der Waals surface area contributed by atoms with Crippen molar-refractivity contribution in [3.05, 3.63) is 69.8 Å². The smallest absolute Gasteiger partial charge is 0.340 e. The van der Waals surface area contributed by atoms with E-state index in [0.29, 0.717) is 0 Å². The van der Waals surface area contributed by atoms with Gasteiger partial charge in [-0.05, 0) is 18.6 Å². The maximum atomic E-state index is 12.7. The number of carbonyl (C=O) groups excluding carboxylic acids is 2. The molecule has 0 aliphatic carbocycles. The summed E-state index contributed by atoms with van der Waals surface area (Å²) in [6.45, 7) is 1.49. The fourth-order valence-corrected chi connectivity index (χ4v) is 2.60. The van der Waals surface area contributed by atoms with Crippen LogP contribution in [0.25, 0.3) is 0 Å². The second-order valence-corrected chi connectivity index (χ2v) is 5.55. The molecule has 142 valence electrons. The normalized spacial score (nSPS) is 10.3. The number of carbonyl (C=O) groups is 2. The van der Waals surface area contributed by atoms with Crippen LogP contribution in [0, 0.1) is 10.1 Å². The third-order valence-corrected chi connectivity index (χ3v) is 3.73. The van der Waals surface area contributed by atoms with Gasteiger partial charge in [0.15, 0.2) is 0 Å². The summed E-state index contributed by atoms with van der Waals surface area (Å²) in [7, 11) is 1.35. The zero-order valence-corrected chi connectivity index (χ0v) is 15.1. The molecule has 2 aromatic rings. The minimum Gasteiger partial charge on any atom is -0.462 e. The Morgan fingerprint density at radius 1 is 1.11 bits per heavy atom. The maximum absolute atomic E-state index is 12.7. The van der Waals surface area contributed by atoms with Crippen LogP contribution in [0.1, 0.15) is 22.8 Å². The number of methoxy groups -OCH3 is 1. The zero-order valence-electron chi connectivity index (χ0n) is 15.1. The van der Waals surface area contributed by atoms with Crippen molar-refractivity contribution in [2.75, 3.05) is 25.2 Å². The molecule has 0 fully saturated rings. The number of amides is 1. The average molecular weight is 372 g/mol. The highest BCUT2D eigenvalue weighted by atomic mass is 16.6. The number of esters is 1. The molecule has 0 radical (unpaired) electrons. The molecule has 0 spiro atoms. The summed E-state index contributed by atoms with van der Waals surface area (Å²) in [5.41, 5.74) is 0.231. The molecule has 1 amide bonds. The molecule has 0 saturated carbocycles. The predicted molar refractivity (Wildman–Crippen MR) is 98.6 cm³/mol. The summed E-state index contributed by atoms with van der Waals surface area (Å²) in [5, 5.41) is 11.6. The van der Waals surface area contributed by atoms with E-state index in [1.54, 1.807) is 31.2 Å². The molecule has 0 bridgehead atoms. The van der Waals surface area contributed by atoms with E-state index >= 15 is 0 Å². The van der Waals surface area contributed by atoms with Gasteiger partial charge in [-0.3, -0.25) is 19.8 Å². The van der Waals surface area contributed by atoms with Gasteiger partial charge in [0.05, 0.1) is 23.6 Å². The lowest BCUT2D eigenvalue weighted by molar-refractivity contribution is -0.384. The minimum atomic E-state index is -0.737. The monoisotopic (exact) mass is 372 g/mol. The molecule has 27 heavy (non-hydrogen) atoms. The van der Waals surface area contributed by atoms with E-state index in [1.807, 2.05) is 6.07 Å². The van der Waals surface area contributed by atoms with Gasteiger partial charge in [0.1, 0.15) is 12.3 Å². The Morgan fingerprint density at radius 3 is 2.41 bits per heavy atom. The number of ether oxygens (including phenoxy) is 2. The van der Waals surface area contributed by atoms with Gasteiger partial charge in [0.2, 0.25) is 0 Å². The maximum Gasteiger partial charge on any atom is 0.340 e. The first kappa shape index (κ1) is 20.1. The Morgan fingerprint density at radius 2 is 1.81 bits per heavy atom. The van der Waals surface area contributed by atoms with Crippen LogP contribution in [0.3, 0.4) is 0 Å². The highest BCUT2D eigenvalue weighted by molar-refractivity contribution is 6.05. The van der Waals surface area contributed by atoms with Crippen LogP contribution in [0.15, 0.2) is 48.5 Å². The Balaban J connectivity index is 2.62. The number of rotatable bonds is 8. The summed E-state index contributed by atoms with van der Waals surface area (Å²) >= 11 is 0. The van der Waals surface area contributed by atoms with Crippen molar-refractivity contribution >= 4 is 23.3 Å². The molecular weight excluding hydrogens is 352 g/mol. The Bertz CT molecular complexity index is 822. The SMILES string of the molecule is CCOC(=O)c1cccc([N+](=O)[O-])c1N(Cc1ccccc1)C(=O)COC. The first-order valence-corrected chi connectivity index (χ1v) is 8.27. The molecule has 2 rings (SSSR count). The summed E-state index contributed by atoms with van der Waals surface area (Å²) in [4.78, 5) is 37.2. The second kappa shape index (κ2) is 9.44. The van der Waals surface area contributed by atoms with Crippen LogP contribution in [-0.2, 0) is 20.8 Å². The van der Waals surface area contributed by atoms with E-state index in [4.69, 9.17) is 9.47 Å². The first-order chi connectivity index (χ1) is 13.0. The molecule has 0 aliphatic heterocycles. The first-order valence-electron chi connectivity index (χ1n) is 8.27. The van der Waals surface area contributed by atoms with Crippen LogP contribution >= 0.6 is 0 Å². The summed E-state index contributed by atoms with van der Waals surface area (Å²) in [6, 6.07) is 13.0. The van der Waals surface area contributed by atoms with Gasteiger partial charge in [0, 0.05) is 13.2 Å². The van der Waals surface area contributed by atoms with Gasteiger partial charge in [-0.25, -0.2) is 4.79 Å². The standard InChI is InChI=1S/C19H20N2O6/c1-3-27-19(23)15-10-7-11-16(21(24)25)18(15)20(17(22)13-26-2)12-14-8-5-4-6-9-14/h4-11H,3,12-13H2,1-2H3. The number of para-hydroxylation sites is 1. The van der Waals surface area contributed by atoms with Crippen molar-refractivity contribution < 1.29 is 24.0 Å².